The van der Waals surface area contributed by atoms with E-state index in [0.29, 0.717) is 5.25 Å². The molecule has 0 aliphatic carbocycles. The Balaban J connectivity index is 2.55. The smallest absolute Gasteiger partial charge is 0.242 e. The van der Waals surface area contributed by atoms with Gasteiger partial charge in [-0.25, -0.2) is 17.7 Å². The van der Waals surface area contributed by atoms with E-state index in [9.17, 15) is 8.42 Å². The van der Waals surface area contributed by atoms with Gasteiger partial charge in [-0.15, -0.1) is 0 Å². The molecule has 1 aromatic heterocycles. The molecule has 0 N–H and O–H groups in total. The predicted octanol–water partition coefficient (Wildman–Crippen LogP) is 3.59. The SMILES string of the molecule is CCCCn1c(SC(C)C)nc2cc(S(=O)(=O)N(C)C)ccc21. The number of aromatic nitrogens is 2. The van der Waals surface area contributed by atoms with Gasteiger partial charge in [0.25, 0.3) is 0 Å². The third-order valence-corrected chi connectivity index (χ3v) is 6.34. The van der Waals surface area contributed by atoms with Crippen LogP contribution in [0.4, 0.5) is 0 Å². The van der Waals surface area contributed by atoms with Crippen molar-refractivity contribution in [2.45, 2.75) is 55.5 Å². The van der Waals surface area contributed by atoms with Gasteiger partial charge in [0.2, 0.25) is 10.0 Å². The van der Waals surface area contributed by atoms with Gasteiger partial charge in [-0.1, -0.05) is 39.0 Å². The summed E-state index contributed by atoms with van der Waals surface area (Å²) >= 11 is 1.71. The van der Waals surface area contributed by atoms with E-state index in [4.69, 9.17) is 0 Å². The van der Waals surface area contributed by atoms with Crippen LogP contribution in [-0.4, -0.2) is 41.6 Å². The molecular weight excluding hydrogens is 330 g/mol. The number of unbranched alkanes of at least 4 members (excludes halogenated alkanes) is 1. The molecule has 0 amide bonds. The summed E-state index contributed by atoms with van der Waals surface area (Å²) in [4.78, 5) is 4.97. The molecule has 23 heavy (non-hydrogen) atoms. The Bertz CT molecular complexity index is 780. The van der Waals surface area contributed by atoms with E-state index in [2.05, 4.69) is 30.3 Å². The third kappa shape index (κ3) is 3.89. The normalized spacial score (nSPS) is 12.7. The molecule has 7 heteroatoms. The summed E-state index contributed by atoms with van der Waals surface area (Å²) in [5.41, 5.74) is 1.74. The second-order valence-corrected chi connectivity index (χ2v) is 9.70. The Hall–Kier alpha value is -1.05. The average molecular weight is 356 g/mol. The predicted molar refractivity (Wildman–Crippen MR) is 96.5 cm³/mol. The topological polar surface area (TPSA) is 55.2 Å². The van der Waals surface area contributed by atoms with Gasteiger partial charge in [-0.05, 0) is 24.6 Å². The van der Waals surface area contributed by atoms with Crippen molar-refractivity contribution in [1.29, 1.82) is 0 Å². The number of hydrogen-bond acceptors (Lipinski definition) is 4. The number of rotatable bonds is 7. The van der Waals surface area contributed by atoms with Crippen molar-refractivity contribution in [3.63, 3.8) is 0 Å². The second-order valence-electron chi connectivity index (χ2n) is 6.00. The van der Waals surface area contributed by atoms with Crippen molar-refractivity contribution < 1.29 is 8.42 Å². The summed E-state index contributed by atoms with van der Waals surface area (Å²) in [7, 11) is -0.352. The lowest BCUT2D eigenvalue weighted by molar-refractivity contribution is 0.521. The van der Waals surface area contributed by atoms with Crippen molar-refractivity contribution in [2.75, 3.05) is 14.1 Å². The minimum Gasteiger partial charge on any atom is -0.319 e. The van der Waals surface area contributed by atoms with Crippen LogP contribution >= 0.6 is 11.8 Å². The largest absolute Gasteiger partial charge is 0.319 e. The number of hydrogen-bond donors (Lipinski definition) is 0. The van der Waals surface area contributed by atoms with Gasteiger partial charge < -0.3 is 4.57 Å². The van der Waals surface area contributed by atoms with Crippen molar-refractivity contribution in [2.24, 2.45) is 0 Å². The molecule has 1 aromatic carbocycles. The molecule has 0 aliphatic rings. The van der Waals surface area contributed by atoms with Crippen molar-refractivity contribution in [3.05, 3.63) is 18.2 Å². The number of fused-ring (bicyclic) bond motifs is 1. The molecule has 128 valence electrons. The Kier molecular flexibility index (Phi) is 5.75. The van der Waals surface area contributed by atoms with Crippen LogP contribution in [-0.2, 0) is 16.6 Å². The van der Waals surface area contributed by atoms with E-state index < -0.39 is 10.0 Å². The van der Waals surface area contributed by atoms with Crippen molar-refractivity contribution in [1.82, 2.24) is 13.9 Å². The molecule has 1 heterocycles. The van der Waals surface area contributed by atoms with E-state index in [-0.39, 0.29) is 4.90 Å². The lowest BCUT2D eigenvalue weighted by Crippen LogP contribution is -2.22. The van der Waals surface area contributed by atoms with Gasteiger partial charge in [0.15, 0.2) is 5.16 Å². The fourth-order valence-corrected chi connectivity index (χ4v) is 4.10. The molecule has 0 bridgehead atoms. The van der Waals surface area contributed by atoms with Crippen LogP contribution in [0.1, 0.15) is 33.6 Å². The Morgan fingerprint density at radius 2 is 2.00 bits per heavy atom. The summed E-state index contributed by atoms with van der Waals surface area (Å²) in [6.45, 7) is 7.34. The first-order valence-electron chi connectivity index (χ1n) is 7.86. The van der Waals surface area contributed by atoms with E-state index >= 15 is 0 Å². The highest BCUT2D eigenvalue weighted by Gasteiger charge is 2.20. The van der Waals surface area contributed by atoms with Crippen LogP contribution in [0.15, 0.2) is 28.3 Å². The molecular formula is C16H25N3O2S2. The second kappa shape index (κ2) is 7.23. The molecule has 2 rings (SSSR count). The maximum absolute atomic E-state index is 12.3. The van der Waals surface area contributed by atoms with E-state index in [1.165, 1.54) is 4.31 Å². The molecule has 0 saturated carbocycles. The first-order chi connectivity index (χ1) is 10.8. The minimum atomic E-state index is -3.43. The van der Waals surface area contributed by atoms with Crippen molar-refractivity contribution >= 4 is 32.8 Å². The van der Waals surface area contributed by atoms with E-state index in [0.717, 1.165) is 35.6 Å². The van der Waals surface area contributed by atoms with Gasteiger partial charge in [0.1, 0.15) is 0 Å². The number of nitrogens with zero attached hydrogens (tertiary/aromatic N) is 3. The molecule has 0 atom stereocenters. The van der Waals surface area contributed by atoms with Gasteiger partial charge in [0.05, 0.1) is 15.9 Å². The van der Waals surface area contributed by atoms with Crippen LogP contribution < -0.4 is 0 Å². The summed E-state index contributed by atoms with van der Waals surface area (Å²) < 4.78 is 28.0. The van der Waals surface area contributed by atoms with E-state index in [1.807, 2.05) is 6.07 Å². The zero-order valence-electron chi connectivity index (χ0n) is 14.4. The lowest BCUT2D eigenvalue weighted by atomic mass is 10.3. The Morgan fingerprint density at radius 3 is 2.57 bits per heavy atom. The Labute approximate surface area is 143 Å². The van der Waals surface area contributed by atoms with Gasteiger partial charge in [0, 0.05) is 25.9 Å². The number of imidazole rings is 1. The van der Waals surface area contributed by atoms with Crippen LogP contribution in [0, 0.1) is 0 Å². The van der Waals surface area contributed by atoms with Crippen molar-refractivity contribution in [3.8, 4) is 0 Å². The molecule has 5 nitrogen and oxygen atoms in total. The first kappa shape index (κ1) is 18.3. The molecule has 0 radical (unpaired) electrons. The number of aryl methyl sites for hydroxylation is 1. The monoisotopic (exact) mass is 355 g/mol. The maximum Gasteiger partial charge on any atom is 0.242 e. The molecule has 0 spiro atoms. The van der Waals surface area contributed by atoms with Gasteiger partial charge in [-0.3, -0.25) is 0 Å². The van der Waals surface area contributed by atoms with E-state index in [1.54, 1.807) is 38.0 Å². The fourth-order valence-electron chi connectivity index (χ4n) is 2.29. The molecule has 0 aliphatic heterocycles. The van der Waals surface area contributed by atoms with Crippen LogP contribution in [0.25, 0.3) is 11.0 Å². The maximum atomic E-state index is 12.3. The summed E-state index contributed by atoms with van der Waals surface area (Å²) in [5, 5.41) is 1.39. The minimum absolute atomic E-state index is 0.288. The molecule has 0 unspecified atom stereocenters. The highest BCUT2D eigenvalue weighted by atomic mass is 32.2. The lowest BCUT2D eigenvalue weighted by Gasteiger charge is -2.11. The highest BCUT2D eigenvalue weighted by molar-refractivity contribution is 7.99. The molecule has 0 saturated heterocycles. The number of thioether (sulfide) groups is 1. The standard InChI is InChI=1S/C16H25N3O2S2/c1-6-7-10-19-15-9-8-13(23(20,21)18(4)5)11-14(15)17-16(19)22-12(2)3/h8-9,11-12H,6-7,10H2,1-5H3. The zero-order valence-corrected chi connectivity index (χ0v) is 16.0. The highest BCUT2D eigenvalue weighted by Crippen LogP contribution is 2.29. The zero-order chi connectivity index (χ0) is 17.2. The summed E-state index contributed by atoms with van der Waals surface area (Å²) in [6.07, 6.45) is 2.19. The fraction of sp³-hybridized carbons (Fsp3) is 0.562. The van der Waals surface area contributed by atoms with Gasteiger partial charge >= 0.3 is 0 Å². The Morgan fingerprint density at radius 1 is 1.30 bits per heavy atom. The van der Waals surface area contributed by atoms with Gasteiger partial charge in [-0.2, -0.15) is 0 Å². The third-order valence-electron chi connectivity index (χ3n) is 3.54. The quantitative estimate of drug-likeness (QED) is 0.712. The van der Waals surface area contributed by atoms with Crippen LogP contribution in [0.2, 0.25) is 0 Å². The first-order valence-corrected chi connectivity index (χ1v) is 10.2. The molecule has 0 fully saturated rings. The summed E-state index contributed by atoms with van der Waals surface area (Å²) in [5.74, 6) is 0. The number of sulfonamides is 1. The average Bonchev–Trinajstić information content (AvgIpc) is 2.80. The number of benzene rings is 1. The summed E-state index contributed by atoms with van der Waals surface area (Å²) in [6, 6.07) is 5.22. The van der Waals surface area contributed by atoms with Crippen LogP contribution in [0.3, 0.4) is 0 Å². The van der Waals surface area contributed by atoms with Crippen LogP contribution in [0.5, 0.6) is 0 Å². The molecule has 2 aromatic rings.